The van der Waals surface area contributed by atoms with Crippen molar-refractivity contribution in [2.75, 3.05) is 6.61 Å². The Morgan fingerprint density at radius 2 is 2.00 bits per heavy atom. The zero-order valence-electron chi connectivity index (χ0n) is 13.1. The van der Waals surface area contributed by atoms with E-state index in [0.29, 0.717) is 6.61 Å². The highest BCUT2D eigenvalue weighted by Crippen LogP contribution is 2.29. The SMILES string of the molecule is CC(C)(C)NCc1cccc(COCCC2CCC2)n1. The van der Waals surface area contributed by atoms with Crippen LogP contribution in [0.5, 0.6) is 0 Å². The summed E-state index contributed by atoms with van der Waals surface area (Å²) in [5.74, 6) is 0.922. The molecule has 1 aliphatic rings. The highest BCUT2D eigenvalue weighted by atomic mass is 16.5. The van der Waals surface area contributed by atoms with Crippen molar-refractivity contribution in [3.05, 3.63) is 29.6 Å². The van der Waals surface area contributed by atoms with Crippen LogP contribution in [-0.2, 0) is 17.9 Å². The van der Waals surface area contributed by atoms with Crippen LogP contribution in [0.3, 0.4) is 0 Å². The van der Waals surface area contributed by atoms with E-state index in [1.807, 2.05) is 6.07 Å². The molecule has 0 aliphatic heterocycles. The molecule has 1 aliphatic carbocycles. The predicted molar refractivity (Wildman–Crippen MR) is 82.4 cm³/mol. The highest BCUT2D eigenvalue weighted by molar-refractivity contribution is 5.10. The normalized spacial score (nSPS) is 16.1. The van der Waals surface area contributed by atoms with Crippen LogP contribution in [0.4, 0.5) is 0 Å². The van der Waals surface area contributed by atoms with Gasteiger partial charge in [-0.2, -0.15) is 0 Å². The van der Waals surface area contributed by atoms with E-state index in [9.17, 15) is 0 Å². The molecule has 0 radical (unpaired) electrons. The first-order chi connectivity index (χ1) is 9.53. The van der Waals surface area contributed by atoms with Gasteiger partial charge in [0.1, 0.15) is 0 Å². The van der Waals surface area contributed by atoms with Crippen LogP contribution < -0.4 is 5.32 Å². The molecular formula is C17H28N2O. The van der Waals surface area contributed by atoms with Gasteiger partial charge in [-0.3, -0.25) is 4.98 Å². The van der Waals surface area contributed by atoms with Crippen molar-refractivity contribution in [3.63, 3.8) is 0 Å². The minimum atomic E-state index is 0.122. The lowest BCUT2D eigenvalue weighted by Gasteiger charge is -2.24. The maximum absolute atomic E-state index is 5.74. The van der Waals surface area contributed by atoms with Crippen LogP contribution in [0.15, 0.2) is 18.2 Å². The van der Waals surface area contributed by atoms with Gasteiger partial charge in [0.2, 0.25) is 0 Å². The Balaban J connectivity index is 1.71. The van der Waals surface area contributed by atoms with Gasteiger partial charge in [0.25, 0.3) is 0 Å². The second kappa shape index (κ2) is 7.19. The fourth-order valence-electron chi connectivity index (χ4n) is 2.27. The summed E-state index contributed by atoms with van der Waals surface area (Å²) in [5, 5.41) is 3.46. The molecule has 20 heavy (non-hydrogen) atoms. The number of hydrogen-bond donors (Lipinski definition) is 1. The topological polar surface area (TPSA) is 34.1 Å². The summed E-state index contributed by atoms with van der Waals surface area (Å²) >= 11 is 0. The van der Waals surface area contributed by atoms with Crippen LogP contribution >= 0.6 is 0 Å². The highest BCUT2D eigenvalue weighted by Gasteiger charge is 2.16. The van der Waals surface area contributed by atoms with Gasteiger partial charge in [0.05, 0.1) is 18.0 Å². The van der Waals surface area contributed by atoms with Gasteiger partial charge in [0.15, 0.2) is 0 Å². The third-order valence-corrected chi connectivity index (χ3v) is 3.81. The molecule has 0 saturated heterocycles. The molecule has 0 aromatic carbocycles. The minimum Gasteiger partial charge on any atom is -0.375 e. The molecule has 1 aromatic heterocycles. The lowest BCUT2D eigenvalue weighted by atomic mass is 9.83. The summed E-state index contributed by atoms with van der Waals surface area (Å²) in [4.78, 5) is 4.64. The summed E-state index contributed by atoms with van der Waals surface area (Å²) in [6.07, 6.45) is 5.42. The minimum absolute atomic E-state index is 0.122. The van der Waals surface area contributed by atoms with Gasteiger partial charge in [0, 0.05) is 18.7 Å². The van der Waals surface area contributed by atoms with Gasteiger partial charge in [-0.25, -0.2) is 0 Å². The molecule has 1 fully saturated rings. The Bertz CT molecular complexity index is 408. The lowest BCUT2D eigenvalue weighted by molar-refractivity contribution is 0.0928. The first-order valence-corrected chi connectivity index (χ1v) is 7.80. The van der Waals surface area contributed by atoms with Crippen LogP contribution in [-0.4, -0.2) is 17.1 Å². The predicted octanol–water partition coefficient (Wildman–Crippen LogP) is 3.68. The second-order valence-electron chi connectivity index (χ2n) is 6.86. The van der Waals surface area contributed by atoms with Gasteiger partial charge in [-0.05, 0) is 45.2 Å². The van der Waals surface area contributed by atoms with Crippen molar-refractivity contribution in [3.8, 4) is 0 Å². The number of nitrogens with zero attached hydrogens (tertiary/aromatic N) is 1. The van der Waals surface area contributed by atoms with Crippen LogP contribution in [0.1, 0.15) is 57.8 Å². The molecule has 3 heteroatoms. The van der Waals surface area contributed by atoms with Crippen LogP contribution in [0, 0.1) is 5.92 Å². The van der Waals surface area contributed by atoms with Gasteiger partial charge in [-0.1, -0.05) is 25.3 Å². The molecule has 1 N–H and O–H groups in total. The molecular weight excluding hydrogens is 248 g/mol. The standard InChI is InChI=1S/C17H28N2O/c1-17(2,3)18-12-15-8-5-9-16(19-15)13-20-11-10-14-6-4-7-14/h5,8-9,14,18H,4,6-7,10-13H2,1-3H3. The Hall–Kier alpha value is -0.930. The van der Waals surface area contributed by atoms with E-state index in [-0.39, 0.29) is 5.54 Å². The van der Waals surface area contributed by atoms with Crippen LogP contribution in [0.2, 0.25) is 0 Å². The second-order valence-corrected chi connectivity index (χ2v) is 6.86. The Labute approximate surface area is 123 Å². The molecule has 1 saturated carbocycles. The monoisotopic (exact) mass is 276 g/mol. The van der Waals surface area contributed by atoms with Crippen molar-refractivity contribution in [2.45, 2.75) is 65.1 Å². The number of nitrogens with one attached hydrogen (secondary N) is 1. The number of hydrogen-bond acceptors (Lipinski definition) is 3. The van der Waals surface area contributed by atoms with E-state index in [4.69, 9.17) is 4.74 Å². The average molecular weight is 276 g/mol. The van der Waals surface area contributed by atoms with Crippen molar-refractivity contribution < 1.29 is 4.74 Å². The molecule has 0 bridgehead atoms. The first-order valence-electron chi connectivity index (χ1n) is 7.80. The maximum atomic E-state index is 5.74. The third-order valence-electron chi connectivity index (χ3n) is 3.81. The van der Waals surface area contributed by atoms with Gasteiger partial charge >= 0.3 is 0 Å². The summed E-state index contributed by atoms with van der Waals surface area (Å²) in [5.41, 5.74) is 2.24. The van der Waals surface area contributed by atoms with E-state index in [1.165, 1.54) is 25.7 Å². The van der Waals surface area contributed by atoms with Crippen molar-refractivity contribution in [2.24, 2.45) is 5.92 Å². The molecule has 3 nitrogen and oxygen atoms in total. The molecule has 2 rings (SSSR count). The maximum Gasteiger partial charge on any atom is 0.0887 e. The third kappa shape index (κ3) is 5.59. The lowest BCUT2D eigenvalue weighted by Crippen LogP contribution is -2.35. The van der Waals surface area contributed by atoms with E-state index in [0.717, 1.165) is 30.5 Å². The first kappa shape index (κ1) is 15.5. The Morgan fingerprint density at radius 1 is 1.25 bits per heavy atom. The van der Waals surface area contributed by atoms with Crippen molar-refractivity contribution >= 4 is 0 Å². The van der Waals surface area contributed by atoms with Crippen molar-refractivity contribution in [1.82, 2.24) is 10.3 Å². The molecule has 0 amide bonds. The molecule has 1 aromatic rings. The molecule has 1 heterocycles. The number of pyridine rings is 1. The number of aromatic nitrogens is 1. The summed E-state index contributed by atoms with van der Waals surface area (Å²) < 4.78 is 5.74. The molecule has 0 spiro atoms. The van der Waals surface area contributed by atoms with Crippen LogP contribution in [0.25, 0.3) is 0 Å². The summed E-state index contributed by atoms with van der Waals surface area (Å²) in [6, 6.07) is 6.18. The fourth-order valence-corrected chi connectivity index (χ4v) is 2.27. The summed E-state index contributed by atoms with van der Waals surface area (Å²) in [7, 11) is 0. The number of ether oxygens (including phenoxy) is 1. The molecule has 0 atom stereocenters. The zero-order valence-corrected chi connectivity index (χ0v) is 13.1. The van der Waals surface area contributed by atoms with E-state index in [1.54, 1.807) is 0 Å². The number of rotatable bonds is 7. The van der Waals surface area contributed by atoms with Gasteiger partial charge in [-0.15, -0.1) is 0 Å². The van der Waals surface area contributed by atoms with E-state index >= 15 is 0 Å². The molecule has 0 unspecified atom stereocenters. The largest absolute Gasteiger partial charge is 0.375 e. The fraction of sp³-hybridized carbons (Fsp3) is 0.706. The van der Waals surface area contributed by atoms with Gasteiger partial charge < -0.3 is 10.1 Å². The average Bonchev–Trinajstić information content (AvgIpc) is 2.34. The Morgan fingerprint density at radius 3 is 2.65 bits per heavy atom. The summed E-state index contributed by atoms with van der Waals surface area (Å²) in [6.45, 7) is 8.81. The quantitative estimate of drug-likeness (QED) is 0.771. The zero-order chi connectivity index (χ0) is 14.4. The van der Waals surface area contributed by atoms with E-state index < -0.39 is 0 Å². The smallest absolute Gasteiger partial charge is 0.0887 e. The van der Waals surface area contributed by atoms with E-state index in [2.05, 4.69) is 43.2 Å². The Kier molecular flexibility index (Phi) is 5.55. The molecule has 112 valence electrons. The van der Waals surface area contributed by atoms with Crippen molar-refractivity contribution in [1.29, 1.82) is 0 Å².